The van der Waals surface area contributed by atoms with Gasteiger partial charge in [-0.1, -0.05) is 61.6 Å². The third-order valence-corrected chi connectivity index (χ3v) is 6.48. The molecular formula is C24H32N2S. The summed E-state index contributed by atoms with van der Waals surface area (Å²) in [5.41, 5.74) is 4.87. The molecule has 0 N–H and O–H groups in total. The van der Waals surface area contributed by atoms with Crippen LogP contribution in [0.2, 0.25) is 0 Å². The minimum atomic E-state index is 0.695. The second-order valence-electron chi connectivity index (χ2n) is 7.61. The maximum absolute atomic E-state index is 5.08. The molecular weight excluding hydrogens is 348 g/mol. The van der Waals surface area contributed by atoms with E-state index in [1.54, 1.807) is 0 Å². The zero-order chi connectivity index (χ0) is 19.1. The molecule has 3 heteroatoms. The van der Waals surface area contributed by atoms with Crippen molar-refractivity contribution < 1.29 is 0 Å². The van der Waals surface area contributed by atoms with Gasteiger partial charge in [0.15, 0.2) is 0 Å². The van der Waals surface area contributed by atoms with E-state index in [-0.39, 0.29) is 0 Å². The van der Waals surface area contributed by atoms with Gasteiger partial charge in [-0.25, -0.2) is 4.99 Å². The van der Waals surface area contributed by atoms with Crippen LogP contribution in [0.15, 0.2) is 53.5 Å². The number of nitrogens with zero attached hydrogens (tertiary/aromatic N) is 2. The quantitative estimate of drug-likeness (QED) is 0.291. The van der Waals surface area contributed by atoms with Crippen molar-refractivity contribution >= 4 is 29.2 Å². The number of rotatable bonds is 6. The Bertz CT molecular complexity index is 728. The molecule has 144 valence electrons. The lowest BCUT2D eigenvalue weighted by atomic mass is 10.0. The Kier molecular flexibility index (Phi) is 7.40. The van der Waals surface area contributed by atoms with Crippen LogP contribution < -0.4 is 4.31 Å². The molecule has 0 saturated heterocycles. The van der Waals surface area contributed by atoms with Crippen molar-refractivity contribution in [2.75, 3.05) is 4.31 Å². The minimum Gasteiger partial charge on any atom is -0.271 e. The highest BCUT2D eigenvalue weighted by Gasteiger charge is 2.22. The molecule has 2 aromatic carbocycles. The fraction of sp³-hybridized carbons (Fsp3) is 0.458. The largest absolute Gasteiger partial charge is 0.271 e. The molecule has 0 amide bonds. The average molecular weight is 381 g/mol. The van der Waals surface area contributed by atoms with Crippen LogP contribution in [0.25, 0.3) is 0 Å². The SMILES string of the molecule is CCCC(=Nc1ccc(C)cc1)N(SC1CCCCC1)c1ccc(C)cc1. The van der Waals surface area contributed by atoms with Gasteiger partial charge in [0.2, 0.25) is 0 Å². The number of benzene rings is 2. The summed E-state index contributed by atoms with van der Waals surface area (Å²) in [6, 6.07) is 17.4. The third kappa shape index (κ3) is 5.87. The Morgan fingerprint density at radius 1 is 0.926 bits per heavy atom. The molecule has 3 rings (SSSR count). The van der Waals surface area contributed by atoms with Crippen LogP contribution in [-0.2, 0) is 0 Å². The zero-order valence-corrected chi connectivity index (χ0v) is 17.8. The molecule has 1 saturated carbocycles. The normalized spacial score (nSPS) is 15.7. The van der Waals surface area contributed by atoms with E-state index in [0.29, 0.717) is 5.25 Å². The topological polar surface area (TPSA) is 15.6 Å². The van der Waals surface area contributed by atoms with Crippen LogP contribution in [0.1, 0.15) is 63.0 Å². The summed E-state index contributed by atoms with van der Waals surface area (Å²) in [4.78, 5) is 5.08. The maximum Gasteiger partial charge on any atom is 0.119 e. The van der Waals surface area contributed by atoms with Crippen molar-refractivity contribution in [3.63, 3.8) is 0 Å². The van der Waals surface area contributed by atoms with Gasteiger partial charge in [-0.15, -0.1) is 0 Å². The first kappa shape index (κ1) is 20.0. The highest BCUT2D eigenvalue weighted by molar-refractivity contribution is 8.02. The Labute approximate surface area is 169 Å². The first-order chi connectivity index (χ1) is 13.2. The van der Waals surface area contributed by atoms with Gasteiger partial charge < -0.3 is 0 Å². The number of amidine groups is 1. The van der Waals surface area contributed by atoms with Crippen molar-refractivity contribution in [2.24, 2.45) is 4.99 Å². The monoisotopic (exact) mass is 380 g/mol. The van der Waals surface area contributed by atoms with Crippen molar-refractivity contribution in [1.29, 1.82) is 0 Å². The van der Waals surface area contributed by atoms with Gasteiger partial charge in [0.25, 0.3) is 0 Å². The van der Waals surface area contributed by atoms with Gasteiger partial charge in [0, 0.05) is 11.7 Å². The Morgan fingerprint density at radius 2 is 1.52 bits per heavy atom. The first-order valence-corrected chi connectivity index (χ1v) is 11.2. The summed E-state index contributed by atoms with van der Waals surface area (Å²) in [5.74, 6) is 1.17. The van der Waals surface area contributed by atoms with Gasteiger partial charge in [0.05, 0.1) is 11.4 Å². The highest BCUT2D eigenvalue weighted by Crippen LogP contribution is 2.35. The Morgan fingerprint density at radius 3 is 2.11 bits per heavy atom. The molecule has 0 spiro atoms. The van der Waals surface area contributed by atoms with E-state index in [2.05, 4.69) is 73.6 Å². The molecule has 0 atom stereocenters. The molecule has 0 unspecified atom stereocenters. The molecule has 2 aromatic rings. The van der Waals surface area contributed by atoms with Crippen LogP contribution in [0.5, 0.6) is 0 Å². The van der Waals surface area contributed by atoms with E-state index in [1.165, 1.54) is 54.8 Å². The van der Waals surface area contributed by atoms with Crippen LogP contribution in [0.3, 0.4) is 0 Å². The van der Waals surface area contributed by atoms with Crippen LogP contribution in [0.4, 0.5) is 11.4 Å². The van der Waals surface area contributed by atoms with Crippen molar-refractivity contribution in [3.05, 3.63) is 59.7 Å². The minimum absolute atomic E-state index is 0.695. The fourth-order valence-corrected chi connectivity index (χ4v) is 4.80. The summed E-state index contributed by atoms with van der Waals surface area (Å²) >= 11 is 2.00. The lowest BCUT2D eigenvalue weighted by Gasteiger charge is -2.31. The maximum atomic E-state index is 5.08. The molecule has 1 aliphatic rings. The molecule has 0 heterocycles. The Balaban J connectivity index is 1.93. The fourth-order valence-electron chi connectivity index (χ4n) is 3.47. The smallest absolute Gasteiger partial charge is 0.119 e. The average Bonchev–Trinajstić information content (AvgIpc) is 2.69. The molecule has 27 heavy (non-hydrogen) atoms. The zero-order valence-electron chi connectivity index (χ0n) is 16.9. The van der Waals surface area contributed by atoms with Gasteiger partial charge in [-0.05, 0) is 69.3 Å². The number of hydrogen-bond acceptors (Lipinski definition) is 2. The summed E-state index contributed by atoms with van der Waals surface area (Å²) < 4.78 is 2.42. The Hall–Kier alpha value is -1.74. The summed E-state index contributed by atoms with van der Waals surface area (Å²) in [6.45, 7) is 6.51. The van der Waals surface area contributed by atoms with E-state index in [1.807, 2.05) is 11.9 Å². The van der Waals surface area contributed by atoms with Crippen LogP contribution in [0, 0.1) is 13.8 Å². The highest BCUT2D eigenvalue weighted by atomic mass is 32.2. The molecule has 2 nitrogen and oxygen atoms in total. The van der Waals surface area contributed by atoms with E-state index in [4.69, 9.17) is 4.99 Å². The van der Waals surface area contributed by atoms with Gasteiger partial charge in [-0.2, -0.15) is 0 Å². The molecule has 1 fully saturated rings. The van der Waals surface area contributed by atoms with Crippen molar-refractivity contribution in [1.82, 2.24) is 0 Å². The van der Waals surface area contributed by atoms with E-state index < -0.39 is 0 Å². The summed E-state index contributed by atoms with van der Waals surface area (Å²) in [7, 11) is 0. The number of hydrogen-bond donors (Lipinski definition) is 0. The predicted molar refractivity (Wildman–Crippen MR) is 121 cm³/mol. The van der Waals surface area contributed by atoms with Crippen molar-refractivity contribution in [2.45, 2.75) is 71.0 Å². The van der Waals surface area contributed by atoms with Crippen LogP contribution >= 0.6 is 11.9 Å². The second kappa shape index (κ2) is 9.98. The molecule has 0 aromatic heterocycles. The van der Waals surface area contributed by atoms with E-state index in [9.17, 15) is 0 Å². The lowest BCUT2D eigenvalue weighted by Crippen LogP contribution is -2.27. The van der Waals surface area contributed by atoms with Gasteiger partial charge in [-0.3, -0.25) is 4.31 Å². The molecule has 1 aliphatic carbocycles. The van der Waals surface area contributed by atoms with Gasteiger partial charge >= 0.3 is 0 Å². The third-order valence-electron chi connectivity index (χ3n) is 5.08. The molecule has 0 radical (unpaired) electrons. The lowest BCUT2D eigenvalue weighted by molar-refractivity contribution is 0.516. The summed E-state index contributed by atoms with van der Waals surface area (Å²) in [5, 5.41) is 0.695. The predicted octanol–water partition coefficient (Wildman–Crippen LogP) is 7.62. The molecule has 0 bridgehead atoms. The molecule has 0 aliphatic heterocycles. The second-order valence-corrected chi connectivity index (χ2v) is 8.85. The first-order valence-electron chi connectivity index (χ1n) is 10.3. The summed E-state index contributed by atoms with van der Waals surface area (Å²) in [6.07, 6.45) is 8.82. The van der Waals surface area contributed by atoms with Crippen molar-refractivity contribution in [3.8, 4) is 0 Å². The number of anilines is 1. The van der Waals surface area contributed by atoms with E-state index in [0.717, 1.165) is 18.5 Å². The number of aryl methyl sites for hydroxylation is 2. The van der Waals surface area contributed by atoms with E-state index >= 15 is 0 Å². The van der Waals surface area contributed by atoms with Gasteiger partial charge in [0.1, 0.15) is 5.84 Å². The standard InChI is InChI=1S/C24H32N2S/c1-4-8-24(25-21-15-11-19(2)12-16-21)26(22-17-13-20(3)14-18-22)27-23-9-6-5-7-10-23/h11-18,23H,4-10H2,1-3H3. The van der Waals surface area contributed by atoms with Crippen LogP contribution in [-0.4, -0.2) is 11.1 Å². The number of aliphatic imine (C=N–C) groups is 1.